The highest BCUT2D eigenvalue weighted by atomic mass is 32.1. The first-order valence-corrected chi connectivity index (χ1v) is 3.20. The SMILES string of the molecule is CCC.N#CS.N#CS. The molecule has 0 aromatic rings. The van der Waals surface area contributed by atoms with Gasteiger partial charge in [0.25, 0.3) is 0 Å². The Bertz CT molecular complexity index is 78.1. The van der Waals surface area contributed by atoms with E-state index < -0.39 is 0 Å². The fourth-order valence-corrected chi connectivity index (χ4v) is 0. The first-order valence-electron chi connectivity index (χ1n) is 2.31. The van der Waals surface area contributed by atoms with Gasteiger partial charge in [-0.1, -0.05) is 45.5 Å². The molecule has 0 radical (unpaired) electrons. The van der Waals surface area contributed by atoms with Crippen LogP contribution < -0.4 is 0 Å². The van der Waals surface area contributed by atoms with Crippen LogP contribution in [0.2, 0.25) is 0 Å². The standard InChI is InChI=1S/C3H8.2CHNS/c1-3-2;2*2-1-3/h3H2,1-2H3;2*3H. The molecular weight excluding hydrogens is 152 g/mol. The van der Waals surface area contributed by atoms with Crippen LogP contribution in [-0.4, -0.2) is 0 Å². The van der Waals surface area contributed by atoms with Crippen molar-refractivity contribution in [3.05, 3.63) is 0 Å². The average molecular weight is 162 g/mol. The third-order valence-electron chi connectivity index (χ3n) is 0. The summed E-state index contributed by atoms with van der Waals surface area (Å²) in [6.07, 6.45) is 1.25. The van der Waals surface area contributed by atoms with Crippen molar-refractivity contribution in [2.24, 2.45) is 0 Å². The number of thiol groups is 2. The zero-order chi connectivity index (χ0) is 8.12. The van der Waals surface area contributed by atoms with Crippen molar-refractivity contribution in [1.82, 2.24) is 0 Å². The lowest BCUT2D eigenvalue weighted by Crippen LogP contribution is -1.27. The minimum atomic E-state index is 1.25. The number of nitrogens with zero attached hydrogens (tertiary/aromatic N) is 2. The second-order valence-electron chi connectivity index (χ2n) is 0.907. The van der Waals surface area contributed by atoms with Gasteiger partial charge in [0, 0.05) is 0 Å². The normalized spacial score (nSPS) is 3.78. The Morgan fingerprint density at radius 1 is 1.11 bits per heavy atom. The second-order valence-corrected chi connectivity index (χ2v) is 1.31. The van der Waals surface area contributed by atoms with Crippen molar-refractivity contribution in [3.63, 3.8) is 0 Å². The quantitative estimate of drug-likeness (QED) is 0.424. The molecule has 0 saturated heterocycles. The zero-order valence-corrected chi connectivity index (χ0v) is 7.28. The van der Waals surface area contributed by atoms with E-state index in [1.807, 2.05) is 0 Å². The number of thiocyanates is 2. The Labute approximate surface area is 67.3 Å². The zero-order valence-electron chi connectivity index (χ0n) is 5.50. The van der Waals surface area contributed by atoms with Crippen molar-refractivity contribution in [2.45, 2.75) is 20.3 Å². The summed E-state index contributed by atoms with van der Waals surface area (Å²) in [6.45, 7) is 4.25. The predicted molar refractivity (Wildman–Crippen MR) is 45.2 cm³/mol. The molecule has 0 aliphatic carbocycles. The van der Waals surface area contributed by atoms with Crippen LogP contribution in [-0.2, 0) is 0 Å². The second kappa shape index (κ2) is 47.7. The predicted octanol–water partition coefficient (Wildman–Crippen LogP) is 2.21. The smallest absolute Gasteiger partial charge is 0.130 e. The molecule has 0 heterocycles. The summed E-state index contributed by atoms with van der Waals surface area (Å²) in [7, 11) is 0. The topological polar surface area (TPSA) is 47.6 Å². The maximum atomic E-state index is 7.18. The van der Waals surface area contributed by atoms with Crippen molar-refractivity contribution in [3.8, 4) is 10.8 Å². The summed E-state index contributed by atoms with van der Waals surface area (Å²) in [5, 5.41) is 17.3. The van der Waals surface area contributed by atoms with Gasteiger partial charge in [-0.15, -0.1) is 0 Å². The Hall–Kier alpha value is -0.320. The lowest BCUT2D eigenvalue weighted by molar-refractivity contribution is 1.09. The van der Waals surface area contributed by atoms with Crippen LogP contribution in [0.25, 0.3) is 0 Å². The van der Waals surface area contributed by atoms with Gasteiger partial charge in [-0.3, -0.25) is 0 Å². The number of nitriles is 2. The van der Waals surface area contributed by atoms with E-state index in [0.717, 1.165) is 0 Å². The lowest BCUT2D eigenvalue weighted by Gasteiger charge is -1.48. The molecule has 2 nitrogen and oxygen atoms in total. The van der Waals surface area contributed by atoms with E-state index in [0.29, 0.717) is 0 Å². The molecule has 0 atom stereocenters. The number of hydrogen-bond acceptors (Lipinski definition) is 4. The van der Waals surface area contributed by atoms with E-state index >= 15 is 0 Å². The molecule has 0 aromatic heterocycles. The van der Waals surface area contributed by atoms with Crippen LogP contribution in [0.4, 0.5) is 0 Å². The molecule has 0 aliphatic rings. The summed E-state index contributed by atoms with van der Waals surface area (Å²) in [5.41, 5.74) is 0. The molecule has 0 N–H and O–H groups in total. The fraction of sp³-hybridized carbons (Fsp3) is 0.600. The van der Waals surface area contributed by atoms with E-state index in [1.54, 1.807) is 0 Å². The van der Waals surface area contributed by atoms with Crippen molar-refractivity contribution < 1.29 is 0 Å². The Morgan fingerprint density at radius 3 is 1.11 bits per heavy atom. The average Bonchev–Trinajstić information content (AvgIpc) is 1.70. The Kier molecular flexibility index (Phi) is 84.1. The van der Waals surface area contributed by atoms with Gasteiger partial charge >= 0.3 is 0 Å². The molecule has 0 amide bonds. The molecule has 0 fully saturated rings. The summed E-state index contributed by atoms with van der Waals surface area (Å²) in [4.78, 5) is 0. The molecule has 0 aromatic carbocycles. The van der Waals surface area contributed by atoms with Crippen LogP contribution >= 0.6 is 25.3 Å². The lowest BCUT2D eigenvalue weighted by atomic mass is 10.6. The maximum absolute atomic E-state index is 7.18. The molecule has 0 rings (SSSR count). The third-order valence-corrected chi connectivity index (χ3v) is 0. The van der Waals surface area contributed by atoms with E-state index in [1.165, 1.54) is 17.2 Å². The van der Waals surface area contributed by atoms with E-state index in [4.69, 9.17) is 10.5 Å². The van der Waals surface area contributed by atoms with Crippen LogP contribution in [0.5, 0.6) is 0 Å². The summed E-state index contributed by atoms with van der Waals surface area (Å²) < 4.78 is 0. The van der Waals surface area contributed by atoms with E-state index in [2.05, 4.69) is 39.1 Å². The minimum absolute atomic E-state index is 1.25. The van der Waals surface area contributed by atoms with Gasteiger partial charge in [0.1, 0.15) is 10.8 Å². The van der Waals surface area contributed by atoms with Crippen LogP contribution in [0.15, 0.2) is 0 Å². The molecule has 0 aliphatic heterocycles. The van der Waals surface area contributed by atoms with Crippen LogP contribution in [0.3, 0.4) is 0 Å². The van der Waals surface area contributed by atoms with Gasteiger partial charge in [-0.05, 0) is 0 Å². The highest BCUT2D eigenvalue weighted by Gasteiger charge is 1.35. The van der Waals surface area contributed by atoms with Gasteiger partial charge in [0.2, 0.25) is 0 Å². The third kappa shape index (κ3) is 2420. The van der Waals surface area contributed by atoms with Gasteiger partial charge < -0.3 is 0 Å². The molecular formula is C5H10N2S2. The molecule has 0 bridgehead atoms. The van der Waals surface area contributed by atoms with Crippen LogP contribution in [0, 0.1) is 21.3 Å². The number of hydrogen-bond donors (Lipinski definition) is 2. The van der Waals surface area contributed by atoms with Gasteiger partial charge in [0.15, 0.2) is 0 Å². The summed E-state index contributed by atoms with van der Waals surface area (Å²) >= 11 is 6.19. The molecule has 0 saturated carbocycles. The summed E-state index contributed by atoms with van der Waals surface area (Å²) in [6, 6.07) is 0. The van der Waals surface area contributed by atoms with Crippen molar-refractivity contribution in [2.75, 3.05) is 0 Å². The molecule has 0 spiro atoms. The molecule has 9 heavy (non-hydrogen) atoms. The molecule has 52 valence electrons. The minimum Gasteiger partial charge on any atom is -0.185 e. The first kappa shape index (κ1) is 15.9. The monoisotopic (exact) mass is 162 g/mol. The van der Waals surface area contributed by atoms with Crippen molar-refractivity contribution in [1.29, 1.82) is 10.5 Å². The van der Waals surface area contributed by atoms with Gasteiger partial charge in [-0.25, -0.2) is 0 Å². The summed E-state index contributed by atoms with van der Waals surface area (Å²) in [5.74, 6) is 0. The van der Waals surface area contributed by atoms with Gasteiger partial charge in [-0.2, -0.15) is 10.5 Å². The molecule has 0 unspecified atom stereocenters. The maximum Gasteiger partial charge on any atom is 0.130 e. The highest BCUT2D eigenvalue weighted by molar-refractivity contribution is 7.85. The Morgan fingerprint density at radius 2 is 1.11 bits per heavy atom. The largest absolute Gasteiger partial charge is 0.185 e. The van der Waals surface area contributed by atoms with Crippen LogP contribution in [0.1, 0.15) is 20.3 Å². The molecule has 4 heteroatoms. The van der Waals surface area contributed by atoms with Crippen molar-refractivity contribution >= 4 is 25.3 Å². The fourth-order valence-electron chi connectivity index (χ4n) is 0. The van der Waals surface area contributed by atoms with E-state index in [-0.39, 0.29) is 0 Å². The van der Waals surface area contributed by atoms with E-state index in [9.17, 15) is 0 Å². The highest BCUT2D eigenvalue weighted by Crippen LogP contribution is 1.56. The first-order chi connectivity index (χ1) is 4.24. The Balaban J connectivity index is -0.0000000600. The van der Waals surface area contributed by atoms with Gasteiger partial charge in [0.05, 0.1) is 0 Å². The number of rotatable bonds is 0.